The molecule has 6 heteroatoms. The second kappa shape index (κ2) is 10.1. The van der Waals surface area contributed by atoms with Gasteiger partial charge in [-0.3, -0.25) is 0 Å². The first kappa shape index (κ1) is 24.6. The maximum Gasteiger partial charge on any atom is 0.335 e. The van der Waals surface area contributed by atoms with Gasteiger partial charge in [0.05, 0.1) is 0 Å². The Morgan fingerprint density at radius 2 is 1.26 bits per heavy atom. The van der Waals surface area contributed by atoms with E-state index >= 15 is 0 Å². The molecule has 5 aromatic rings. The van der Waals surface area contributed by atoms with E-state index in [-0.39, 0.29) is 11.5 Å². The van der Waals surface area contributed by atoms with E-state index in [1.807, 2.05) is 18.2 Å². The molecule has 0 saturated heterocycles. The first-order chi connectivity index (χ1) is 18.4. The van der Waals surface area contributed by atoms with Crippen LogP contribution >= 0.6 is 0 Å². The van der Waals surface area contributed by atoms with E-state index in [0.29, 0.717) is 16.6 Å². The van der Waals surface area contributed by atoms with Gasteiger partial charge in [-0.25, -0.2) is 9.59 Å². The lowest BCUT2D eigenvalue weighted by Crippen LogP contribution is -2.09. The average molecular weight is 504 g/mol. The van der Waals surface area contributed by atoms with Crippen LogP contribution in [0.1, 0.15) is 11.1 Å². The maximum atomic E-state index is 12.0. The summed E-state index contributed by atoms with van der Waals surface area (Å²) in [7, 11) is 0. The van der Waals surface area contributed by atoms with Gasteiger partial charge >= 0.3 is 11.9 Å². The summed E-state index contributed by atoms with van der Waals surface area (Å²) in [4.78, 5) is 26.0. The highest BCUT2D eigenvalue weighted by molar-refractivity contribution is 6.09. The Morgan fingerprint density at radius 1 is 0.711 bits per heavy atom. The van der Waals surface area contributed by atoms with Gasteiger partial charge < -0.3 is 18.8 Å². The molecule has 4 aromatic carbocycles. The number of anilines is 3. The third-order valence-electron chi connectivity index (χ3n) is 6.10. The zero-order chi connectivity index (χ0) is 26.8. The number of carbonyl (C=O) groups is 2. The Morgan fingerprint density at radius 3 is 1.84 bits per heavy atom. The first-order valence-electron chi connectivity index (χ1n) is 12.0. The van der Waals surface area contributed by atoms with E-state index in [1.165, 1.54) is 17.2 Å². The molecule has 0 aliphatic heterocycles. The topological polar surface area (TPSA) is 69.0 Å². The van der Waals surface area contributed by atoms with Crippen molar-refractivity contribution in [2.75, 3.05) is 4.90 Å². The van der Waals surface area contributed by atoms with Crippen LogP contribution in [0, 0.1) is 13.8 Å². The normalized spacial score (nSPS) is 10.8. The monoisotopic (exact) mass is 503 g/mol. The van der Waals surface area contributed by atoms with Crippen molar-refractivity contribution in [1.82, 2.24) is 0 Å². The van der Waals surface area contributed by atoms with E-state index in [2.05, 4.69) is 80.4 Å². The number of hydrogen-bond acceptors (Lipinski definition) is 6. The number of furan rings is 1. The van der Waals surface area contributed by atoms with Gasteiger partial charge in [-0.1, -0.05) is 48.6 Å². The van der Waals surface area contributed by atoms with Crippen molar-refractivity contribution < 1.29 is 23.5 Å². The van der Waals surface area contributed by atoms with Crippen LogP contribution in [-0.4, -0.2) is 11.9 Å². The summed E-state index contributed by atoms with van der Waals surface area (Å²) >= 11 is 0. The van der Waals surface area contributed by atoms with Crippen molar-refractivity contribution in [3.8, 4) is 11.5 Å². The molecule has 0 amide bonds. The quantitative estimate of drug-likeness (QED) is 0.128. The van der Waals surface area contributed by atoms with Crippen LogP contribution < -0.4 is 14.4 Å². The predicted molar refractivity (Wildman–Crippen MR) is 150 cm³/mol. The minimum absolute atomic E-state index is 0.117. The molecular formula is C32H25NO5. The minimum Gasteiger partial charge on any atom is -0.452 e. The highest BCUT2D eigenvalue weighted by Crippen LogP contribution is 2.42. The van der Waals surface area contributed by atoms with E-state index in [0.717, 1.165) is 34.6 Å². The summed E-state index contributed by atoms with van der Waals surface area (Å²) < 4.78 is 17.0. The van der Waals surface area contributed by atoms with Gasteiger partial charge in [0.2, 0.25) is 0 Å². The van der Waals surface area contributed by atoms with Crippen molar-refractivity contribution in [3.63, 3.8) is 0 Å². The van der Waals surface area contributed by atoms with Gasteiger partial charge in [-0.15, -0.1) is 0 Å². The predicted octanol–water partition coefficient (Wildman–Crippen LogP) is 7.86. The van der Waals surface area contributed by atoms with Crippen LogP contribution in [0.5, 0.6) is 11.5 Å². The number of aryl methyl sites for hydroxylation is 2. The largest absolute Gasteiger partial charge is 0.452 e. The number of nitrogens with zero attached hydrogens (tertiary/aromatic N) is 1. The molecule has 0 radical (unpaired) electrons. The van der Waals surface area contributed by atoms with E-state index in [9.17, 15) is 9.59 Å². The average Bonchev–Trinajstić information content (AvgIpc) is 3.29. The van der Waals surface area contributed by atoms with Crippen molar-refractivity contribution in [3.05, 3.63) is 115 Å². The molecular weight excluding hydrogens is 478 g/mol. The molecule has 1 aromatic heterocycles. The Hall–Kier alpha value is -5.10. The lowest BCUT2D eigenvalue weighted by molar-refractivity contribution is -0.129. The summed E-state index contributed by atoms with van der Waals surface area (Å²) in [5, 5.41) is 1.40. The van der Waals surface area contributed by atoms with Gasteiger partial charge in [0.25, 0.3) is 0 Å². The lowest BCUT2D eigenvalue weighted by atomic mass is 10.1. The fourth-order valence-electron chi connectivity index (χ4n) is 4.23. The third-order valence-corrected chi connectivity index (χ3v) is 6.10. The molecule has 0 saturated carbocycles. The van der Waals surface area contributed by atoms with Gasteiger partial charge in [-0.2, -0.15) is 0 Å². The minimum atomic E-state index is -0.662. The Bertz CT molecular complexity index is 1650. The van der Waals surface area contributed by atoms with Crippen molar-refractivity contribution >= 4 is 50.9 Å². The van der Waals surface area contributed by atoms with E-state index < -0.39 is 11.9 Å². The van der Waals surface area contributed by atoms with Crippen LogP contribution in [0.25, 0.3) is 21.9 Å². The SMILES string of the molecule is C=CC(=O)Oc1cc(OC(=O)C=C)c2oc3cc(N(c4ccc(C)cc4)c4ccc(C)cc4)ccc3c2c1. The molecule has 188 valence electrons. The highest BCUT2D eigenvalue weighted by Gasteiger charge is 2.19. The molecule has 0 aliphatic rings. The van der Waals surface area contributed by atoms with Crippen molar-refractivity contribution in [2.45, 2.75) is 13.8 Å². The number of esters is 2. The van der Waals surface area contributed by atoms with Crippen molar-refractivity contribution in [1.29, 1.82) is 0 Å². The summed E-state index contributed by atoms with van der Waals surface area (Å²) in [5.74, 6) is -0.982. The molecule has 0 aliphatic carbocycles. The summed E-state index contributed by atoms with van der Waals surface area (Å²) in [5.41, 5.74) is 6.13. The number of hydrogen-bond donors (Lipinski definition) is 0. The number of fused-ring (bicyclic) bond motifs is 3. The standard InChI is InChI=1S/C32H25NO5/c1-5-30(34)36-25-18-27-26-16-15-24(17-28(26)38-32(27)29(19-25)37-31(35)6-2)33(22-11-7-20(3)8-12-22)23-13-9-21(4)10-14-23/h5-19H,1-2H2,3-4H3. The zero-order valence-corrected chi connectivity index (χ0v) is 21.1. The number of carbonyl (C=O) groups excluding carboxylic acids is 2. The first-order valence-corrected chi connectivity index (χ1v) is 12.0. The van der Waals surface area contributed by atoms with Gasteiger partial charge in [0, 0.05) is 52.1 Å². The molecule has 0 atom stereocenters. The number of rotatable bonds is 7. The van der Waals surface area contributed by atoms with Gasteiger partial charge in [0.1, 0.15) is 11.3 Å². The molecule has 1 heterocycles. The molecule has 6 nitrogen and oxygen atoms in total. The molecule has 0 unspecified atom stereocenters. The fourth-order valence-corrected chi connectivity index (χ4v) is 4.23. The highest BCUT2D eigenvalue weighted by atomic mass is 16.5. The third kappa shape index (κ3) is 4.80. The zero-order valence-electron chi connectivity index (χ0n) is 21.1. The Labute approximate surface area is 220 Å². The molecule has 5 rings (SSSR count). The molecule has 0 fully saturated rings. The molecule has 0 N–H and O–H groups in total. The Kier molecular flexibility index (Phi) is 6.54. The number of ether oxygens (including phenoxy) is 2. The van der Waals surface area contributed by atoms with Crippen LogP contribution in [0.15, 0.2) is 109 Å². The van der Waals surface area contributed by atoms with Crippen molar-refractivity contribution in [2.24, 2.45) is 0 Å². The van der Waals surface area contributed by atoms with E-state index in [4.69, 9.17) is 13.9 Å². The summed E-state index contributed by atoms with van der Waals surface area (Å²) in [6.45, 7) is 11.0. The summed E-state index contributed by atoms with van der Waals surface area (Å²) in [6, 6.07) is 25.6. The van der Waals surface area contributed by atoms with Gasteiger partial charge in [0.15, 0.2) is 11.3 Å². The van der Waals surface area contributed by atoms with Gasteiger partial charge in [-0.05, 0) is 56.3 Å². The number of benzene rings is 4. The van der Waals surface area contributed by atoms with Crippen LogP contribution in [0.4, 0.5) is 17.1 Å². The van der Waals surface area contributed by atoms with Crippen LogP contribution in [0.3, 0.4) is 0 Å². The van der Waals surface area contributed by atoms with Crippen LogP contribution in [-0.2, 0) is 9.59 Å². The second-order valence-corrected chi connectivity index (χ2v) is 8.84. The second-order valence-electron chi connectivity index (χ2n) is 8.84. The lowest BCUT2D eigenvalue weighted by Gasteiger charge is -2.25. The Balaban J connectivity index is 1.69. The molecule has 38 heavy (non-hydrogen) atoms. The smallest absolute Gasteiger partial charge is 0.335 e. The maximum absolute atomic E-state index is 12.0. The molecule has 0 bridgehead atoms. The summed E-state index contributed by atoms with van der Waals surface area (Å²) in [6.07, 6.45) is 2.11. The fraction of sp³-hybridized carbons (Fsp3) is 0.0625. The van der Waals surface area contributed by atoms with Crippen LogP contribution in [0.2, 0.25) is 0 Å². The van der Waals surface area contributed by atoms with E-state index in [1.54, 1.807) is 6.07 Å². The molecule has 0 spiro atoms.